The molecule has 4 amide bonds. The van der Waals surface area contributed by atoms with Crippen molar-refractivity contribution in [3.8, 4) is 5.75 Å². The number of amides is 4. The predicted octanol–water partition coefficient (Wildman–Crippen LogP) is 6.94. The van der Waals surface area contributed by atoms with E-state index < -0.39 is 6.03 Å². The van der Waals surface area contributed by atoms with E-state index in [1.165, 1.54) is 7.11 Å². The van der Waals surface area contributed by atoms with E-state index in [-0.39, 0.29) is 36.5 Å². The second kappa shape index (κ2) is 15.3. The van der Waals surface area contributed by atoms with Crippen molar-refractivity contribution in [3.63, 3.8) is 0 Å². The third-order valence-electron chi connectivity index (χ3n) is 8.31. The molecule has 0 aromatic heterocycles. The van der Waals surface area contributed by atoms with E-state index in [1.807, 2.05) is 74.5 Å². The lowest BCUT2D eigenvalue weighted by molar-refractivity contribution is -0.143. The summed E-state index contributed by atoms with van der Waals surface area (Å²) in [7, 11) is 1.51. The van der Waals surface area contributed by atoms with Gasteiger partial charge < -0.3 is 29.9 Å². The van der Waals surface area contributed by atoms with Crippen LogP contribution in [0.15, 0.2) is 91.0 Å². The second-order valence-electron chi connectivity index (χ2n) is 11.6. The van der Waals surface area contributed by atoms with E-state index in [4.69, 9.17) is 9.47 Å². The molecule has 0 spiro atoms. The van der Waals surface area contributed by atoms with Crippen LogP contribution >= 0.6 is 0 Å². The van der Waals surface area contributed by atoms with Gasteiger partial charge in [-0.15, -0.1) is 0 Å². The smallest absolute Gasteiger partial charge is 0.323 e. The summed E-state index contributed by atoms with van der Waals surface area (Å²) in [5, 5.41) is 5.66. The topological polar surface area (TPSA) is 117 Å². The van der Waals surface area contributed by atoms with Crippen molar-refractivity contribution in [2.45, 2.75) is 39.5 Å². The number of nitrogens with one attached hydrogen (secondary N) is 2. The molecule has 48 heavy (non-hydrogen) atoms. The summed E-state index contributed by atoms with van der Waals surface area (Å²) in [6, 6.07) is 26.9. The average molecular weight is 649 g/mol. The first-order chi connectivity index (χ1) is 23.2. The molecule has 0 fully saturated rings. The third-order valence-corrected chi connectivity index (χ3v) is 8.31. The lowest BCUT2D eigenvalue weighted by atomic mass is 9.95. The Morgan fingerprint density at radius 3 is 2.25 bits per heavy atom. The molecule has 1 heterocycles. The highest BCUT2D eigenvalue weighted by Crippen LogP contribution is 2.38. The van der Waals surface area contributed by atoms with Crippen LogP contribution in [-0.2, 0) is 20.7 Å². The normalized spacial score (nSPS) is 12.8. The van der Waals surface area contributed by atoms with Crippen LogP contribution in [-0.4, -0.2) is 50.6 Å². The number of urea groups is 1. The maximum atomic E-state index is 13.9. The molecule has 0 bridgehead atoms. The number of benzene rings is 4. The van der Waals surface area contributed by atoms with Crippen molar-refractivity contribution in [1.82, 2.24) is 0 Å². The molecule has 1 aliphatic rings. The number of aryl methyl sites for hydroxylation is 1. The molecule has 0 saturated heterocycles. The largest absolute Gasteiger partial charge is 0.495 e. The molecular formula is C38H40N4O6. The summed E-state index contributed by atoms with van der Waals surface area (Å²) < 4.78 is 10.7. The number of nitrogens with zero attached hydrogens (tertiary/aromatic N) is 2. The first-order valence-corrected chi connectivity index (χ1v) is 16.0. The molecule has 0 aliphatic carbocycles. The highest BCUT2D eigenvalue weighted by atomic mass is 16.5. The molecule has 1 unspecified atom stereocenters. The minimum absolute atomic E-state index is 0.0686. The van der Waals surface area contributed by atoms with Gasteiger partial charge in [-0.2, -0.15) is 0 Å². The van der Waals surface area contributed by atoms with Gasteiger partial charge in [-0.25, -0.2) is 4.79 Å². The van der Waals surface area contributed by atoms with Crippen LogP contribution in [0.25, 0.3) is 0 Å². The number of anilines is 4. The summed E-state index contributed by atoms with van der Waals surface area (Å²) in [6.45, 7) is 6.52. The van der Waals surface area contributed by atoms with Gasteiger partial charge in [0.15, 0.2) is 0 Å². The quantitative estimate of drug-likeness (QED) is 0.180. The molecule has 0 saturated carbocycles. The number of methoxy groups -OCH3 is 1. The Bertz CT molecular complexity index is 1810. The molecule has 5 rings (SSSR count). The first kappa shape index (κ1) is 33.7. The van der Waals surface area contributed by atoms with Crippen molar-refractivity contribution in [2.24, 2.45) is 0 Å². The molecule has 0 radical (unpaired) electrons. The number of hydrogen-bond acceptors (Lipinski definition) is 6. The zero-order chi connectivity index (χ0) is 34.2. The molecule has 4 aromatic carbocycles. The molecular weight excluding hydrogens is 608 g/mol. The van der Waals surface area contributed by atoms with Gasteiger partial charge in [-0.3, -0.25) is 14.4 Å². The lowest BCUT2D eigenvalue weighted by Gasteiger charge is -2.37. The molecule has 10 nitrogen and oxygen atoms in total. The van der Waals surface area contributed by atoms with Crippen LogP contribution in [0.2, 0.25) is 0 Å². The Labute approximate surface area is 280 Å². The minimum atomic E-state index is -0.415. The van der Waals surface area contributed by atoms with E-state index in [1.54, 1.807) is 47.1 Å². The molecule has 10 heteroatoms. The van der Waals surface area contributed by atoms with Crippen LogP contribution in [0.4, 0.5) is 27.5 Å². The van der Waals surface area contributed by atoms with Gasteiger partial charge in [0.1, 0.15) is 5.75 Å². The SMILES string of the molecule is CCOC(=O)CC(C)c1ccc2c(c1)N(C(=O)c1ccccc1)CCN2C(=O)Cc1ccc(NC(=O)Nc2ccccc2C)c(OC)c1. The van der Waals surface area contributed by atoms with Crippen LogP contribution in [0.1, 0.15) is 53.2 Å². The summed E-state index contributed by atoms with van der Waals surface area (Å²) in [5.74, 6) is -0.360. The Hall–Kier alpha value is -5.64. The summed E-state index contributed by atoms with van der Waals surface area (Å²) >= 11 is 0. The maximum Gasteiger partial charge on any atom is 0.323 e. The summed E-state index contributed by atoms with van der Waals surface area (Å²) in [5.41, 5.74) is 5.41. The number of fused-ring (bicyclic) bond motifs is 1. The van der Waals surface area contributed by atoms with Crippen LogP contribution in [0, 0.1) is 6.92 Å². The van der Waals surface area contributed by atoms with Crippen LogP contribution < -0.4 is 25.2 Å². The highest BCUT2D eigenvalue weighted by Gasteiger charge is 2.31. The first-order valence-electron chi connectivity index (χ1n) is 16.0. The number of rotatable bonds is 10. The monoisotopic (exact) mass is 648 g/mol. The molecule has 248 valence electrons. The van der Waals surface area contributed by atoms with Crippen molar-refractivity contribution >= 4 is 46.6 Å². The number of carbonyl (C=O) groups excluding carboxylic acids is 4. The van der Waals surface area contributed by atoms with Crippen molar-refractivity contribution in [2.75, 3.05) is 47.2 Å². The van der Waals surface area contributed by atoms with Gasteiger partial charge in [-0.1, -0.05) is 55.5 Å². The van der Waals surface area contributed by atoms with E-state index in [2.05, 4.69) is 10.6 Å². The number of para-hydroxylation sites is 1. The molecule has 2 N–H and O–H groups in total. The Morgan fingerprint density at radius 2 is 1.52 bits per heavy atom. The van der Waals surface area contributed by atoms with Gasteiger partial charge in [0.25, 0.3) is 5.91 Å². The number of hydrogen-bond donors (Lipinski definition) is 2. The van der Waals surface area contributed by atoms with Gasteiger partial charge in [0.2, 0.25) is 5.91 Å². The highest BCUT2D eigenvalue weighted by molar-refractivity contribution is 6.11. The molecule has 1 aliphatic heterocycles. The van der Waals surface area contributed by atoms with Gasteiger partial charge in [-0.05, 0) is 78.9 Å². The predicted molar refractivity (Wildman–Crippen MR) is 187 cm³/mol. The van der Waals surface area contributed by atoms with E-state index in [9.17, 15) is 19.2 Å². The van der Waals surface area contributed by atoms with Crippen molar-refractivity contribution < 1.29 is 28.7 Å². The van der Waals surface area contributed by atoms with E-state index in [0.29, 0.717) is 59.3 Å². The number of ether oxygens (including phenoxy) is 2. The minimum Gasteiger partial charge on any atom is -0.495 e. The summed E-state index contributed by atoms with van der Waals surface area (Å²) in [6.07, 6.45) is 0.265. The van der Waals surface area contributed by atoms with Gasteiger partial charge >= 0.3 is 12.0 Å². The Balaban J connectivity index is 1.37. The van der Waals surface area contributed by atoms with Crippen molar-refractivity contribution in [1.29, 1.82) is 0 Å². The number of esters is 1. The van der Waals surface area contributed by atoms with E-state index >= 15 is 0 Å². The van der Waals surface area contributed by atoms with Crippen LogP contribution in [0.3, 0.4) is 0 Å². The standard InChI is InChI=1S/C38H40N4O6/c1-5-48-36(44)21-26(3)29-16-18-32-33(24-29)42(37(45)28-12-7-6-8-13-28)20-19-41(32)35(43)23-27-15-17-31(34(22-27)47-4)40-38(46)39-30-14-10-9-11-25(30)2/h6-18,22,24,26H,5,19-21,23H2,1-4H3,(H2,39,40,46). The zero-order valence-electron chi connectivity index (χ0n) is 27.6. The average Bonchev–Trinajstić information content (AvgIpc) is 3.09. The van der Waals surface area contributed by atoms with Gasteiger partial charge in [0.05, 0.1) is 43.6 Å². The zero-order valence-corrected chi connectivity index (χ0v) is 27.6. The van der Waals surface area contributed by atoms with Crippen LogP contribution in [0.5, 0.6) is 5.75 Å². The molecule has 1 atom stereocenters. The Morgan fingerprint density at radius 1 is 0.812 bits per heavy atom. The lowest BCUT2D eigenvalue weighted by Crippen LogP contribution is -2.47. The van der Waals surface area contributed by atoms with Gasteiger partial charge in [0, 0.05) is 24.3 Å². The number of carbonyl (C=O) groups is 4. The van der Waals surface area contributed by atoms with E-state index in [0.717, 1.165) is 11.1 Å². The maximum absolute atomic E-state index is 13.9. The fourth-order valence-electron chi connectivity index (χ4n) is 5.73. The Kier molecular flexibility index (Phi) is 10.7. The fourth-order valence-corrected chi connectivity index (χ4v) is 5.73. The fraction of sp³-hybridized carbons (Fsp3) is 0.263. The third kappa shape index (κ3) is 7.83. The molecule has 4 aromatic rings. The van der Waals surface area contributed by atoms with Crippen molar-refractivity contribution in [3.05, 3.63) is 113 Å². The summed E-state index contributed by atoms with van der Waals surface area (Å²) in [4.78, 5) is 55.8. The second-order valence-corrected chi connectivity index (χ2v) is 11.6.